The normalized spacial score (nSPS) is 15.3. The van der Waals surface area contributed by atoms with E-state index < -0.39 is 41.9 Å². The lowest BCUT2D eigenvalue weighted by molar-refractivity contribution is 0.336. The Balaban J connectivity index is 6.14. The summed E-state index contributed by atoms with van der Waals surface area (Å²) < 4.78 is 30.5. The molecular weight excluding hydrogens is 422 g/mol. The van der Waals surface area contributed by atoms with Gasteiger partial charge in [0.25, 0.3) is 0 Å². The van der Waals surface area contributed by atoms with Gasteiger partial charge in [0.2, 0.25) is 0 Å². The van der Waals surface area contributed by atoms with Gasteiger partial charge in [-0.15, -0.1) is 0 Å². The highest BCUT2D eigenvalue weighted by atomic mass is 31.2. The van der Waals surface area contributed by atoms with Crippen molar-refractivity contribution in [1.29, 1.82) is 0 Å². The van der Waals surface area contributed by atoms with Crippen molar-refractivity contribution in [2.24, 2.45) is 0 Å². The van der Waals surface area contributed by atoms with E-state index in [1.807, 2.05) is 53.9 Å². The van der Waals surface area contributed by atoms with Crippen molar-refractivity contribution in [3.8, 4) is 0 Å². The summed E-state index contributed by atoms with van der Waals surface area (Å²) in [6.45, 7) is 15.7. The molecule has 11 heteroatoms. The molecule has 164 valence electrons. The van der Waals surface area contributed by atoms with Crippen LogP contribution in [0.1, 0.15) is 53.4 Å². The van der Waals surface area contributed by atoms with Gasteiger partial charge in [-0.1, -0.05) is 53.4 Å². The van der Waals surface area contributed by atoms with Crippen LogP contribution in [0.4, 0.5) is 0 Å². The smallest absolute Gasteiger partial charge is 0.325 e. The maximum absolute atomic E-state index is 11.8. The molecule has 0 aromatic rings. The first-order chi connectivity index (χ1) is 11.9. The molecule has 7 nitrogen and oxygen atoms in total. The van der Waals surface area contributed by atoms with Gasteiger partial charge >= 0.3 is 15.2 Å². The molecule has 0 aliphatic heterocycles. The van der Waals surface area contributed by atoms with Crippen LogP contribution in [0, 0.1) is 0 Å². The van der Waals surface area contributed by atoms with E-state index in [0.29, 0.717) is 25.7 Å². The highest BCUT2D eigenvalue weighted by molar-refractivity contribution is 7.52. The molecule has 27 heavy (non-hydrogen) atoms. The molecule has 0 fully saturated rings. The van der Waals surface area contributed by atoms with Crippen LogP contribution >= 0.6 is 15.2 Å². The number of hydrogen-bond acceptors (Lipinski definition) is 3. The summed E-state index contributed by atoms with van der Waals surface area (Å²) in [5.74, 6) is 0. The molecular formula is C16H40O7P2Si2. The lowest BCUT2D eigenvalue weighted by atomic mass is 10.1. The summed E-state index contributed by atoms with van der Waals surface area (Å²) in [5, 5.41) is -1.18. The SMILES string of the molecule is CCC(CC)(CP(=O)(O)O)[Si](C)(C)O[Si](C)(C)C(CC)(CC)CP(=O)(O)O. The molecule has 0 saturated heterocycles. The van der Waals surface area contributed by atoms with Crippen LogP contribution in [0.2, 0.25) is 36.3 Å². The van der Waals surface area contributed by atoms with Crippen LogP contribution < -0.4 is 0 Å². The van der Waals surface area contributed by atoms with Crippen LogP contribution in [-0.2, 0) is 13.2 Å². The Bertz CT molecular complexity index is 525. The van der Waals surface area contributed by atoms with E-state index in [1.54, 1.807) is 0 Å². The molecule has 0 heterocycles. The van der Waals surface area contributed by atoms with Crippen molar-refractivity contribution in [1.82, 2.24) is 0 Å². The van der Waals surface area contributed by atoms with E-state index in [0.717, 1.165) is 0 Å². The van der Waals surface area contributed by atoms with E-state index in [-0.39, 0.29) is 12.3 Å². The van der Waals surface area contributed by atoms with Crippen molar-refractivity contribution < 1.29 is 32.8 Å². The van der Waals surface area contributed by atoms with Gasteiger partial charge in [0.1, 0.15) is 0 Å². The second-order valence-electron chi connectivity index (χ2n) is 8.74. The molecule has 0 aromatic heterocycles. The predicted octanol–water partition coefficient (Wildman–Crippen LogP) is 4.89. The van der Waals surface area contributed by atoms with Crippen LogP contribution in [0.5, 0.6) is 0 Å². The Hall–Kier alpha value is 0.694. The van der Waals surface area contributed by atoms with Gasteiger partial charge in [-0.2, -0.15) is 0 Å². The fraction of sp³-hybridized carbons (Fsp3) is 1.00. The summed E-state index contributed by atoms with van der Waals surface area (Å²) in [7, 11) is -13.7. The van der Waals surface area contributed by atoms with Crippen molar-refractivity contribution >= 4 is 31.8 Å². The van der Waals surface area contributed by atoms with Crippen molar-refractivity contribution in [3.05, 3.63) is 0 Å². The minimum Gasteiger partial charge on any atom is -0.455 e. The average Bonchev–Trinajstić information content (AvgIpc) is 2.46. The fourth-order valence-electron chi connectivity index (χ4n) is 4.67. The maximum Gasteiger partial charge on any atom is 0.325 e. The fourth-order valence-corrected chi connectivity index (χ4v) is 21.7. The number of hydrogen-bond donors (Lipinski definition) is 4. The molecule has 0 aromatic carbocycles. The van der Waals surface area contributed by atoms with Gasteiger partial charge < -0.3 is 23.7 Å². The van der Waals surface area contributed by atoms with Gasteiger partial charge in [-0.25, -0.2) is 0 Å². The van der Waals surface area contributed by atoms with E-state index in [2.05, 4.69) is 0 Å². The van der Waals surface area contributed by atoms with Crippen molar-refractivity contribution in [3.63, 3.8) is 0 Å². The highest BCUT2D eigenvalue weighted by Gasteiger charge is 2.56. The maximum atomic E-state index is 11.8. The third-order valence-electron chi connectivity index (χ3n) is 6.79. The van der Waals surface area contributed by atoms with Crippen molar-refractivity contribution in [2.45, 2.75) is 89.6 Å². The topological polar surface area (TPSA) is 124 Å². The molecule has 0 saturated carbocycles. The summed E-state index contributed by atoms with van der Waals surface area (Å²) in [5.41, 5.74) is 0. The van der Waals surface area contributed by atoms with Crippen molar-refractivity contribution in [2.75, 3.05) is 12.3 Å². The first-order valence-corrected chi connectivity index (χ1v) is 19.1. The largest absolute Gasteiger partial charge is 0.455 e. The van der Waals surface area contributed by atoms with E-state index >= 15 is 0 Å². The molecule has 0 atom stereocenters. The molecule has 4 N–H and O–H groups in total. The zero-order chi connectivity index (χ0) is 21.9. The molecule has 0 rings (SSSR count). The minimum atomic E-state index is -4.22. The minimum absolute atomic E-state index is 0.208. The van der Waals surface area contributed by atoms with Gasteiger partial charge in [0, 0.05) is 0 Å². The Kier molecular flexibility index (Phi) is 9.47. The standard InChI is InChI=1S/C16H40O7P2Si2/c1-9-15(10-2,13-24(17,18)19)26(5,6)23-27(7,8)16(11-3,12-4)14-25(20,21)22/h9-14H2,1-8H3,(H2,17,18,19)(H2,20,21,22). The summed E-state index contributed by atoms with van der Waals surface area (Å²) >= 11 is 0. The summed E-state index contributed by atoms with van der Waals surface area (Å²) in [6, 6.07) is 0. The first kappa shape index (κ1) is 27.7. The summed E-state index contributed by atoms with van der Waals surface area (Å²) in [4.78, 5) is 38.7. The van der Waals surface area contributed by atoms with E-state index in [1.165, 1.54) is 0 Å². The third-order valence-corrected chi connectivity index (χ3v) is 20.4. The molecule has 0 unspecified atom stereocenters. The first-order valence-electron chi connectivity index (χ1n) is 9.66. The molecule has 0 radical (unpaired) electrons. The zero-order valence-corrected chi connectivity index (χ0v) is 21.9. The quantitative estimate of drug-likeness (QED) is 0.240. The van der Waals surface area contributed by atoms with Gasteiger partial charge in [0.15, 0.2) is 16.6 Å². The molecule has 0 amide bonds. The third kappa shape index (κ3) is 6.86. The lowest BCUT2D eigenvalue weighted by Crippen LogP contribution is -2.58. The Morgan fingerprint density at radius 1 is 0.667 bits per heavy atom. The van der Waals surface area contributed by atoms with Crippen LogP contribution in [0.3, 0.4) is 0 Å². The Morgan fingerprint density at radius 2 is 0.889 bits per heavy atom. The van der Waals surface area contributed by atoms with Crippen LogP contribution in [-0.4, -0.2) is 48.5 Å². The Labute approximate surface area is 166 Å². The van der Waals surface area contributed by atoms with E-state index in [4.69, 9.17) is 4.12 Å². The molecule has 0 aliphatic rings. The zero-order valence-electron chi connectivity index (χ0n) is 18.2. The molecule has 0 bridgehead atoms. The second-order valence-corrected chi connectivity index (χ2v) is 21.0. The lowest BCUT2D eigenvalue weighted by Gasteiger charge is -2.53. The van der Waals surface area contributed by atoms with E-state index in [9.17, 15) is 28.7 Å². The van der Waals surface area contributed by atoms with Gasteiger partial charge in [-0.05, 0) is 36.3 Å². The monoisotopic (exact) mass is 462 g/mol. The predicted molar refractivity (Wildman–Crippen MR) is 116 cm³/mol. The highest BCUT2D eigenvalue weighted by Crippen LogP contribution is 2.59. The summed E-state index contributed by atoms with van der Waals surface area (Å²) in [6.07, 6.45) is 1.98. The van der Waals surface area contributed by atoms with Crippen LogP contribution in [0.25, 0.3) is 0 Å². The second kappa shape index (κ2) is 9.23. The van der Waals surface area contributed by atoms with Gasteiger partial charge in [-0.3, -0.25) is 9.13 Å². The average molecular weight is 463 g/mol. The molecule has 0 aliphatic carbocycles. The van der Waals surface area contributed by atoms with Gasteiger partial charge in [0.05, 0.1) is 12.3 Å². The number of rotatable bonds is 12. The van der Waals surface area contributed by atoms with Crippen LogP contribution in [0.15, 0.2) is 0 Å². The molecule has 0 spiro atoms. The Morgan fingerprint density at radius 3 is 1.04 bits per heavy atom.